The van der Waals surface area contributed by atoms with Crippen LogP contribution in [0.25, 0.3) is 0 Å². The molecule has 2 rings (SSSR count). The Kier molecular flexibility index (Phi) is 4.22. The van der Waals surface area contributed by atoms with Gasteiger partial charge in [-0.25, -0.2) is 0 Å². The van der Waals surface area contributed by atoms with Crippen molar-refractivity contribution >= 4 is 28.1 Å². The van der Waals surface area contributed by atoms with Gasteiger partial charge in [0, 0.05) is 11.1 Å². The van der Waals surface area contributed by atoms with E-state index in [1.54, 1.807) is 5.38 Å². The number of thioether (sulfide) groups is 1. The Morgan fingerprint density at radius 2 is 2.11 bits per heavy atom. The van der Waals surface area contributed by atoms with Crippen LogP contribution in [0.3, 0.4) is 0 Å². The monoisotopic (exact) mass is 281 g/mol. The maximum absolute atomic E-state index is 10.9. The maximum atomic E-state index is 10.9. The molecule has 0 aliphatic heterocycles. The van der Waals surface area contributed by atoms with Gasteiger partial charge in [0.25, 0.3) is 0 Å². The summed E-state index contributed by atoms with van der Waals surface area (Å²) in [5.74, 6) is 1.27. The van der Waals surface area contributed by atoms with E-state index in [0.717, 1.165) is 16.9 Å². The molecule has 0 atom stereocenters. The number of nitro groups is 1. The summed E-state index contributed by atoms with van der Waals surface area (Å²) in [6, 6.07) is 9.85. The minimum Gasteiger partial charge on any atom is -0.494 e. The first kappa shape index (κ1) is 12.9. The summed E-state index contributed by atoms with van der Waals surface area (Å²) in [4.78, 5) is 11.2. The molecule has 0 saturated heterocycles. The number of benzene rings is 1. The zero-order valence-corrected chi connectivity index (χ0v) is 11.3. The van der Waals surface area contributed by atoms with Crippen LogP contribution in [0.15, 0.2) is 40.6 Å². The molecule has 0 unspecified atom stereocenters. The number of methoxy groups -OCH3 is 1. The van der Waals surface area contributed by atoms with E-state index >= 15 is 0 Å². The van der Waals surface area contributed by atoms with Crippen LogP contribution in [-0.4, -0.2) is 12.0 Å². The average molecular weight is 281 g/mol. The molecule has 1 heterocycles. The zero-order chi connectivity index (χ0) is 13.0. The minimum atomic E-state index is -0.361. The van der Waals surface area contributed by atoms with E-state index in [0.29, 0.717) is 16.4 Å². The molecular formula is C12H11NO3S2. The zero-order valence-electron chi connectivity index (χ0n) is 9.66. The summed E-state index contributed by atoms with van der Waals surface area (Å²) < 4.78 is 5.15. The van der Waals surface area contributed by atoms with Gasteiger partial charge in [-0.15, -0.1) is 11.8 Å². The van der Waals surface area contributed by atoms with Crippen LogP contribution < -0.4 is 4.74 Å². The Labute approximate surface area is 113 Å². The molecule has 0 N–H and O–H groups in total. The van der Waals surface area contributed by atoms with Gasteiger partial charge < -0.3 is 4.74 Å². The van der Waals surface area contributed by atoms with Crippen molar-refractivity contribution in [2.75, 3.05) is 7.11 Å². The second-order valence-electron chi connectivity index (χ2n) is 3.47. The number of thiophene rings is 1. The fraction of sp³-hybridized carbons (Fsp3) is 0.167. The van der Waals surface area contributed by atoms with Gasteiger partial charge in [-0.2, -0.15) is 0 Å². The van der Waals surface area contributed by atoms with Gasteiger partial charge in [0.2, 0.25) is 0 Å². The molecular weight excluding hydrogens is 270 g/mol. The first-order chi connectivity index (χ1) is 8.72. The van der Waals surface area contributed by atoms with E-state index in [4.69, 9.17) is 4.74 Å². The van der Waals surface area contributed by atoms with Crippen LogP contribution in [-0.2, 0) is 5.75 Å². The van der Waals surface area contributed by atoms with Gasteiger partial charge in [-0.1, -0.05) is 41.7 Å². The molecule has 18 heavy (non-hydrogen) atoms. The lowest BCUT2D eigenvalue weighted by molar-refractivity contribution is -0.382. The number of hydrogen-bond donors (Lipinski definition) is 0. The van der Waals surface area contributed by atoms with E-state index in [-0.39, 0.29) is 9.92 Å². The number of rotatable bonds is 5. The standard InChI is InChI=1S/C12H11NO3S2/c1-16-10-8-18-12(13(14)15)11(10)17-7-9-5-3-2-4-6-9/h2-6,8H,7H2,1H3. The van der Waals surface area contributed by atoms with E-state index in [1.807, 2.05) is 30.3 Å². The molecule has 94 valence electrons. The SMILES string of the molecule is COc1csc([N+](=O)[O-])c1SCc1ccccc1. The smallest absolute Gasteiger partial charge is 0.341 e. The van der Waals surface area contributed by atoms with E-state index in [2.05, 4.69) is 0 Å². The van der Waals surface area contributed by atoms with Gasteiger partial charge in [-0.05, 0) is 5.56 Å². The molecule has 0 bridgehead atoms. The van der Waals surface area contributed by atoms with Gasteiger partial charge in [0.05, 0.1) is 12.0 Å². The summed E-state index contributed by atoms with van der Waals surface area (Å²) in [6.45, 7) is 0. The summed E-state index contributed by atoms with van der Waals surface area (Å²) in [7, 11) is 1.53. The maximum Gasteiger partial charge on any atom is 0.341 e. The predicted molar refractivity (Wildman–Crippen MR) is 73.5 cm³/mol. The number of ether oxygens (including phenoxy) is 1. The van der Waals surface area contributed by atoms with Crippen LogP contribution >= 0.6 is 23.1 Å². The highest BCUT2D eigenvalue weighted by molar-refractivity contribution is 7.99. The third-order valence-corrected chi connectivity index (χ3v) is 4.51. The summed E-state index contributed by atoms with van der Waals surface area (Å²) in [6.07, 6.45) is 0. The third-order valence-electron chi connectivity index (χ3n) is 2.31. The van der Waals surface area contributed by atoms with Crippen LogP contribution in [0.5, 0.6) is 5.75 Å². The number of nitrogens with zero attached hydrogens (tertiary/aromatic N) is 1. The van der Waals surface area contributed by atoms with Crippen molar-refractivity contribution in [2.24, 2.45) is 0 Å². The Balaban J connectivity index is 2.17. The highest BCUT2D eigenvalue weighted by Crippen LogP contribution is 2.44. The first-order valence-electron chi connectivity index (χ1n) is 5.19. The lowest BCUT2D eigenvalue weighted by Crippen LogP contribution is -1.89. The van der Waals surface area contributed by atoms with Crippen LogP contribution in [0.2, 0.25) is 0 Å². The third kappa shape index (κ3) is 2.83. The van der Waals surface area contributed by atoms with Crippen molar-refractivity contribution in [1.29, 1.82) is 0 Å². The van der Waals surface area contributed by atoms with Crippen molar-refractivity contribution in [3.05, 3.63) is 51.4 Å². The Morgan fingerprint density at radius 1 is 1.39 bits per heavy atom. The van der Waals surface area contributed by atoms with Crippen molar-refractivity contribution in [3.63, 3.8) is 0 Å². The fourth-order valence-corrected chi connectivity index (χ4v) is 3.56. The molecule has 0 aliphatic carbocycles. The average Bonchev–Trinajstić information content (AvgIpc) is 2.80. The number of hydrogen-bond acceptors (Lipinski definition) is 5. The predicted octanol–water partition coefficient (Wildman–Crippen LogP) is 3.96. The van der Waals surface area contributed by atoms with Crippen LogP contribution in [0, 0.1) is 10.1 Å². The Hall–Kier alpha value is -1.53. The second kappa shape index (κ2) is 5.88. The van der Waals surface area contributed by atoms with Gasteiger partial charge in [0.1, 0.15) is 10.6 Å². The molecule has 0 amide bonds. The van der Waals surface area contributed by atoms with Gasteiger partial charge in [0.15, 0.2) is 0 Å². The van der Waals surface area contributed by atoms with Crippen LogP contribution in [0.4, 0.5) is 5.00 Å². The van der Waals surface area contributed by atoms with E-state index in [1.165, 1.54) is 18.9 Å². The van der Waals surface area contributed by atoms with Crippen molar-refractivity contribution in [3.8, 4) is 5.75 Å². The molecule has 1 aromatic heterocycles. The van der Waals surface area contributed by atoms with Crippen molar-refractivity contribution < 1.29 is 9.66 Å². The fourth-order valence-electron chi connectivity index (χ4n) is 1.45. The topological polar surface area (TPSA) is 52.4 Å². The molecule has 0 spiro atoms. The second-order valence-corrected chi connectivity index (χ2v) is 5.31. The van der Waals surface area contributed by atoms with E-state index in [9.17, 15) is 10.1 Å². The Morgan fingerprint density at radius 3 is 2.72 bits per heavy atom. The van der Waals surface area contributed by atoms with Crippen molar-refractivity contribution in [2.45, 2.75) is 10.6 Å². The van der Waals surface area contributed by atoms with Gasteiger partial charge in [-0.3, -0.25) is 10.1 Å². The first-order valence-corrected chi connectivity index (χ1v) is 7.05. The van der Waals surface area contributed by atoms with E-state index < -0.39 is 0 Å². The molecule has 1 aromatic carbocycles. The molecule has 2 aromatic rings. The summed E-state index contributed by atoms with van der Waals surface area (Å²) in [5.41, 5.74) is 1.13. The molecule has 4 nitrogen and oxygen atoms in total. The highest BCUT2D eigenvalue weighted by atomic mass is 32.2. The van der Waals surface area contributed by atoms with Crippen molar-refractivity contribution in [1.82, 2.24) is 0 Å². The summed E-state index contributed by atoms with van der Waals surface area (Å²) in [5, 5.41) is 12.7. The molecule has 6 heteroatoms. The minimum absolute atomic E-state index is 0.146. The quantitative estimate of drug-likeness (QED) is 0.473. The lowest BCUT2D eigenvalue weighted by Gasteiger charge is -2.02. The molecule has 0 fully saturated rings. The van der Waals surface area contributed by atoms with Gasteiger partial charge >= 0.3 is 5.00 Å². The Bertz CT molecular complexity index is 540. The molecule has 0 aliphatic rings. The highest BCUT2D eigenvalue weighted by Gasteiger charge is 2.22. The molecule has 0 radical (unpaired) electrons. The van der Waals surface area contributed by atoms with Crippen LogP contribution in [0.1, 0.15) is 5.56 Å². The normalized spacial score (nSPS) is 10.3. The largest absolute Gasteiger partial charge is 0.494 e. The molecule has 0 saturated carbocycles. The lowest BCUT2D eigenvalue weighted by atomic mass is 10.2. The summed E-state index contributed by atoms with van der Waals surface area (Å²) >= 11 is 2.53.